The van der Waals surface area contributed by atoms with Crippen molar-refractivity contribution in [3.63, 3.8) is 0 Å². The average molecular weight is 473 g/mol. The van der Waals surface area contributed by atoms with Crippen LogP contribution < -0.4 is 0 Å². The van der Waals surface area contributed by atoms with E-state index >= 15 is 0 Å². The van der Waals surface area contributed by atoms with Crippen LogP contribution >= 0.6 is 11.8 Å². The topological polar surface area (TPSA) is 26.3 Å². The van der Waals surface area contributed by atoms with Crippen molar-refractivity contribution >= 4 is 17.5 Å². The monoisotopic (exact) mass is 472 g/mol. The van der Waals surface area contributed by atoms with Gasteiger partial charge in [0.2, 0.25) is 0 Å². The molecule has 0 heterocycles. The maximum atomic E-state index is 12.7. The minimum Gasteiger partial charge on any atom is -0.491 e. The van der Waals surface area contributed by atoms with Crippen molar-refractivity contribution < 1.29 is 22.7 Å². The zero-order chi connectivity index (χ0) is 25.5. The molecule has 0 saturated heterocycles. The Morgan fingerprint density at radius 1 is 1.12 bits per heavy atom. The summed E-state index contributed by atoms with van der Waals surface area (Å²) in [6, 6.07) is 4.76. The summed E-state index contributed by atoms with van der Waals surface area (Å²) < 4.78 is 43.9. The van der Waals surface area contributed by atoms with Gasteiger partial charge in [-0.3, -0.25) is 4.79 Å². The van der Waals surface area contributed by atoms with Crippen molar-refractivity contribution in [2.45, 2.75) is 79.8 Å². The van der Waals surface area contributed by atoms with Crippen LogP contribution in [0.15, 0.2) is 59.7 Å². The molecule has 6 heteroatoms. The lowest BCUT2D eigenvalue weighted by Crippen LogP contribution is -2.13. The Balaban J connectivity index is 0. The molecular formula is C26H39F3O2S. The molecule has 1 rings (SSSR count). The van der Waals surface area contributed by atoms with Gasteiger partial charge in [-0.15, -0.1) is 11.8 Å². The van der Waals surface area contributed by atoms with Gasteiger partial charge >= 0.3 is 6.18 Å². The van der Waals surface area contributed by atoms with E-state index in [-0.39, 0.29) is 23.6 Å². The predicted octanol–water partition coefficient (Wildman–Crippen LogP) is 8.99. The third kappa shape index (κ3) is 12.2. The second kappa shape index (κ2) is 16.7. The molecule has 0 aromatic heterocycles. The van der Waals surface area contributed by atoms with Crippen LogP contribution in [-0.4, -0.2) is 11.0 Å². The van der Waals surface area contributed by atoms with Gasteiger partial charge in [0.15, 0.2) is 5.78 Å². The predicted molar refractivity (Wildman–Crippen MR) is 132 cm³/mol. The van der Waals surface area contributed by atoms with E-state index in [1.54, 1.807) is 0 Å². The van der Waals surface area contributed by atoms with E-state index in [9.17, 15) is 18.0 Å². The number of ether oxygens (including phenoxy) is 1. The summed E-state index contributed by atoms with van der Waals surface area (Å²) >= 11 is 1.49. The standard InChI is InChI=1S/C21H25F3O2S.C3H8.C2H6/c1-7-19(14(4)25)20(16(6)27-15(5)13(2)3)26-12-17-8-10-18(11-9-17)21(22,23)24;1-3-2;1-2/h7-11,13,16H,1,5,12H2,2-4,6H3;3H2,1-2H3;1-2H3/b20-19-;;. The largest absolute Gasteiger partial charge is 0.491 e. The summed E-state index contributed by atoms with van der Waals surface area (Å²) in [7, 11) is 0. The van der Waals surface area contributed by atoms with Gasteiger partial charge < -0.3 is 4.74 Å². The van der Waals surface area contributed by atoms with Crippen LogP contribution in [0, 0.1) is 5.92 Å². The minimum absolute atomic E-state index is 0.0527. The SMILES string of the molecule is C=C/C(C(C)=O)=C(/OCc1ccc(C(F)(F)F)cc1)C(C)SC(=C)C(C)C.CC.CCC. The molecule has 0 aliphatic heterocycles. The molecular weight excluding hydrogens is 433 g/mol. The molecule has 0 radical (unpaired) electrons. The lowest BCUT2D eigenvalue weighted by atomic mass is 10.1. The van der Waals surface area contributed by atoms with E-state index in [1.165, 1.54) is 43.3 Å². The Bertz CT molecular complexity index is 732. The van der Waals surface area contributed by atoms with Crippen LogP contribution in [-0.2, 0) is 22.3 Å². The van der Waals surface area contributed by atoms with Crippen LogP contribution in [0.5, 0.6) is 0 Å². The molecule has 0 spiro atoms. The number of thioether (sulfide) groups is 1. The molecule has 32 heavy (non-hydrogen) atoms. The van der Waals surface area contributed by atoms with Gasteiger partial charge in [-0.25, -0.2) is 0 Å². The number of ketones is 1. The number of halogens is 3. The third-order valence-electron chi connectivity index (χ3n) is 3.87. The molecule has 0 saturated carbocycles. The number of benzene rings is 1. The molecule has 1 aromatic rings. The van der Waals surface area contributed by atoms with Crippen LogP contribution in [0.3, 0.4) is 0 Å². The quantitative estimate of drug-likeness (QED) is 0.204. The van der Waals surface area contributed by atoms with E-state index in [1.807, 2.05) is 34.6 Å². The third-order valence-corrected chi connectivity index (χ3v) is 5.21. The molecule has 0 aliphatic carbocycles. The van der Waals surface area contributed by atoms with Crippen molar-refractivity contribution in [3.05, 3.63) is 70.9 Å². The maximum absolute atomic E-state index is 12.7. The molecule has 2 nitrogen and oxygen atoms in total. The normalized spacial score (nSPS) is 12.4. The van der Waals surface area contributed by atoms with Crippen molar-refractivity contribution in [1.82, 2.24) is 0 Å². The first-order valence-electron chi connectivity index (χ1n) is 10.9. The highest BCUT2D eigenvalue weighted by Gasteiger charge is 2.30. The van der Waals surface area contributed by atoms with E-state index < -0.39 is 11.7 Å². The number of hydrogen-bond donors (Lipinski definition) is 0. The molecule has 0 bridgehead atoms. The maximum Gasteiger partial charge on any atom is 0.416 e. The summed E-state index contributed by atoms with van der Waals surface area (Å²) in [5, 5.41) is -0.189. The summed E-state index contributed by atoms with van der Waals surface area (Å²) in [6.45, 7) is 23.4. The number of carbonyl (C=O) groups excluding carboxylic acids is 1. The van der Waals surface area contributed by atoms with Gasteiger partial charge in [-0.2, -0.15) is 13.2 Å². The van der Waals surface area contributed by atoms with Crippen molar-refractivity contribution in [1.29, 1.82) is 0 Å². The summed E-state index contributed by atoms with van der Waals surface area (Å²) in [4.78, 5) is 12.9. The zero-order valence-electron chi connectivity index (χ0n) is 20.7. The van der Waals surface area contributed by atoms with Gasteiger partial charge in [-0.1, -0.05) is 79.3 Å². The average Bonchev–Trinajstić information content (AvgIpc) is 2.72. The Kier molecular flexibility index (Phi) is 16.8. The highest BCUT2D eigenvalue weighted by molar-refractivity contribution is 8.03. The van der Waals surface area contributed by atoms with Gasteiger partial charge in [0.1, 0.15) is 12.4 Å². The van der Waals surface area contributed by atoms with Crippen molar-refractivity contribution in [3.8, 4) is 0 Å². The molecule has 0 aliphatic rings. The lowest BCUT2D eigenvalue weighted by molar-refractivity contribution is -0.137. The number of carbonyl (C=O) groups is 1. The second-order valence-electron chi connectivity index (χ2n) is 7.11. The molecule has 182 valence electrons. The second-order valence-corrected chi connectivity index (χ2v) is 8.58. The van der Waals surface area contributed by atoms with E-state index in [4.69, 9.17) is 4.74 Å². The van der Waals surface area contributed by atoms with Gasteiger partial charge in [0, 0.05) is 0 Å². The Morgan fingerprint density at radius 2 is 1.59 bits per heavy atom. The molecule has 1 aromatic carbocycles. The van der Waals surface area contributed by atoms with E-state index in [0.29, 0.717) is 16.9 Å². The van der Waals surface area contributed by atoms with Crippen LogP contribution in [0.4, 0.5) is 13.2 Å². The molecule has 0 amide bonds. The number of alkyl halides is 3. The molecule has 0 N–H and O–H groups in total. The number of allylic oxidation sites excluding steroid dienone is 3. The summed E-state index contributed by atoms with van der Waals surface area (Å²) in [5.41, 5.74) is 0.223. The minimum atomic E-state index is -4.38. The first-order valence-corrected chi connectivity index (χ1v) is 11.8. The Hall–Kier alpha value is -1.95. The first kappa shape index (κ1) is 32.2. The number of Topliss-reactive ketones (excluding diaryl/α,β-unsaturated/α-hetero) is 1. The van der Waals surface area contributed by atoms with E-state index in [0.717, 1.165) is 17.0 Å². The van der Waals surface area contributed by atoms with Crippen LogP contribution in [0.1, 0.15) is 72.9 Å². The van der Waals surface area contributed by atoms with Crippen molar-refractivity contribution in [2.24, 2.45) is 5.92 Å². The highest BCUT2D eigenvalue weighted by atomic mass is 32.2. The van der Waals surface area contributed by atoms with Crippen LogP contribution in [0.2, 0.25) is 0 Å². The fourth-order valence-electron chi connectivity index (χ4n) is 2.20. The smallest absolute Gasteiger partial charge is 0.416 e. The van der Waals surface area contributed by atoms with Crippen molar-refractivity contribution in [2.75, 3.05) is 0 Å². The Labute approximate surface area is 197 Å². The van der Waals surface area contributed by atoms with Gasteiger partial charge in [-0.05, 0) is 42.4 Å². The Morgan fingerprint density at radius 3 is 1.94 bits per heavy atom. The summed E-state index contributed by atoms with van der Waals surface area (Å²) in [5.74, 6) is 0.525. The fourth-order valence-corrected chi connectivity index (χ4v) is 3.23. The van der Waals surface area contributed by atoms with Crippen LogP contribution in [0.25, 0.3) is 0 Å². The molecule has 1 atom stereocenters. The number of hydrogen-bond acceptors (Lipinski definition) is 3. The lowest BCUT2D eigenvalue weighted by Gasteiger charge is -2.21. The fraction of sp³-hybridized carbons (Fsp3) is 0.500. The zero-order valence-corrected chi connectivity index (χ0v) is 21.5. The first-order chi connectivity index (χ1) is 14.9. The summed E-state index contributed by atoms with van der Waals surface area (Å²) in [6.07, 6.45) is -1.68. The van der Waals surface area contributed by atoms with E-state index in [2.05, 4.69) is 27.0 Å². The highest BCUT2D eigenvalue weighted by Crippen LogP contribution is 2.33. The number of rotatable bonds is 9. The van der Waals surface area contributed by atoms with Gasteiger partial charge in [0.25, 0.3) is 0 Å². The molecule has 0 fully saturated rings. The van der Waals surface area contributed by atoms with Gasteiger partial charge in [0.05, 0.1) is 16.4 Å². The molecule has 1 unspecified atom stereocenters.